The van der Waals surface area contributed by atoms with Gasteiger partial charge in [0.15, 0.2) is 5.60 Å². The van der Waals surface area contributed by atoms with Crippen molar-refractivity contribution in [2.45, 2.75) is 50.5 Å². The van der Waals surface area contributed by atoms with E-state index in [1.54, 1.807) is 0 Å². The van der Waals surface area contributed by atoms with Gasteiger partial charge in [0.05, 0.1) is 14.2 Å². The van der Waals surface area contributed by atoms with Crippen LogP contribution in [-0.2, 0) is 19.0 Å². The second-order valence-corrected chi connectivity index (χ2v) is 4.56. The van der Waals surface area contributed by atoms with Gasteiger partial charge in [-0.3, -0.25) is 0 Å². The van der Waals surface area contributed by atoms with Crippen molar-refractivity contribution in [3.63, 3.8) is 0 Å². The van der Waals surface area contributed by atoms with E-state index < -0.39 is 17.7 Å². The summed E-state index contributed by atoms with van der Waals surface area (Å²) in [7, 11) is 2.52. The Morgan fingerprint density at radius 3 is 2.05 bits per heavy atom. The Hall–Kier alpha value is -1.70. The molecule has 0 aromatic carbocycles. The van der Waals surface area contributed by atoms with Crippen LogP contribution in [0, 0.1) is 11.8 Å². The molecule has 0 N–H and O–H groups in total. The summed E-state index contributed by atoms with van der Waals surface area (Å²) >= 11 is 0. The monoisotopic (exact) mass is 268 g/mol. The van der Waals surface area contributed by atoms with Crippen molar-refractivity contribution >= 4 is 12.1 Å². The number of carbonyl (C=O) groups excluding carboxylic acids is 2. The van der Waals surface area contributed by atoms with Crippen LogP contribution < -0.4 is 0 Å². The first-order valence-electron chi connectivity index (χ1n) is 6.50. The zero-order valence-corrected chi connectivity index (χ0v) is 11.5. The average molecular weight is 268 g/mol. The minimum Gasteiger partial charge on any atom is -0.459 e. The fourth-order valence-corrected chi connectivity index (χ4v) is 2.15. The summed E-state index contributed by atoms with van der Waals surface area (Å²) < 4.78 is 14.3. The van der Waals surface area contributed by atoms with E-state index in [1.165, 1.54) is 20.6 Å². The standard InChI is InChI=1S/C14H20O5/c1-17-12(15)8-11-14(19-13(16)18-2)9-6-4-3-5-7-10-14/h3-7,9-10H2,1-2H3. The van der Waals surface area contributed by atoms with Crippen LogP contribution in [0.5, 0.6) is 0 Å². The Kier molecular flexibility index (Phi) is 6.20. The van der Waals surface area contributed by atoms with Gasteiger partial charge in [0.25, 0.3) is 0 Å². The molecule has 5 heteroatoms. The molecule has 1 aliphatic rings. The van der Waals surface area contributed by atoms with Crippen LogP contribution in [0.3, 0.4) is 0 Å². The maximum absolute atomic E-state index is 11.4. The molecule has 0 heterocycles. The summed E-state index contributed by atoms with van der Waals surface area (Å²) in [5, 5.41) is 0. The van der Waals surface area contributed by atoms with E-state index in [2.05, 4.69) is 21.3 Å². The number of esters is 1. The van der Waals surface area contributed by atoms with Crippen molar-refractivity contribution in [1.82, 2.24) is 0 Å². The lowest BCUT2D eigenvalue weighted by atomic mass is 9.87. The molecule has 106 valence electrons. The zero-order valence-electron chi connectivity index (χ0n) is 11.5. The van der Waals surface area contributed by atoms with Crippen molar-refractivity contribution in [1.29, 1.82) is 0 Å². The van der Waals surface area contributed by atoms with E-state index in [-0.39, 0.29) is 0 Å². The molecule has 1 saturated carbocycles. The fourth-order valence-electron chi connectivity index (χ4n) is 2.15. The predicted octanol–water partition coefficient (Wildman–Crippen LogP) is 2.43. The molecule has 0 aliphatic heterocycles. The van der Waals surface area contributed by atoms with Gasteiger partial charge in [-0.15, -0.1) is 0 Å². The average Bonchev–Trinajstić information content (AvgIpc) is 2.39. The van der Waals surface area contributed by atoms with Crippen LogP contribution in [0.4, 0.5) is 4.79 Å². The molecule has 5 nitrogen and oxygen atoms in total. The first-order chi connectivity index (χ1) is 9.12. The van der Waals surface area contributed by atoms with E-state index in [4.69, 9.17) is 4.74 Å². The van der Waals surface area contributed by atoms with Crippen LogP contribution in [0.15, 0.2) is 0 Å². The molecule has 1 aliphatic carbocycles. The largest absolute Gasteiger partial charge is 0.509 e. The van der Waals surface area contributed by atoms with Gasteiger partial charge in [0, 0.05) is 5.92 Å². The summed E-state index contributed by atoms with van der Waals surface area (Å²) in [6, 6.07) is 0. The van der Waals surface area contributed by atoms with Crippen molar-refractivity contribution < 1.29 is 23.8 Å². The quantitative estimate of drug-likeness (QED) is 0.415. The van der Waals surface area contributed by atoms with Gasteiger partial charge in [0.2, 0.25) is 0 Å². The van der Waals surface area contributed by atoms with Gasteiger partial charge in [-0.25, -0.2) is 9.59 Å². The van der Waals surface area contributed by atoms with E-state index >= 15 is 0 Å². The Balaban J connectivity index is 2.88. The lowest BCUT2D eigenvalue weighted by Gasteiger charge is -2.29. The Labute approximate surface area is 113 Å². The molecular weight excluding hydrogens is 248 g/mol. The highest BCUT2D eigenvalue weighted by Crippen LogP contribution is 2.29. The molecule has 0 saturated heterocycles. The van der Waals surface area contributed by atoms with Crippen LogP contribution in [-0.4, -0.2) is 31.9 Å². The minimum absolute atomic E-state index is 0.617. The predicted molar refractivity (Wildman–Crippen MR) is 68.3 cm³/mol. The van der Waals surface area contributed by atoms with Crippen molar-refractivity contribution in [3.8, 4) is 11.8 Å². The molecule has 0 unspecified atom stereocenters. The fraction of sp³-hybridized carbons (Fsp3) is 0.714. The number of ether oxygens (including phenoxy) is 3. The van der Waals surface area contributed by atoms with E-state index in [0.717, 1.165) is 25.7 Å². The maximum atomic E-state index is 11.4. The number of carbonyl (C=O) groups is 2. The molecule has 19 heavy (non-hydrogen) atoms. The molecule has 0 aromatic heterocycles. The molecule has 0 atom stereocenters. The Morgan fingerprint density at radius 2 is 1.53 bits per heavy atom. The summed E-state index contributed by atoms with van der Waals surface area (Å²) in [6.45, 7) is 0. The lowest BCUT2D eigenvalue weighted by molar-refractivity contribution is -0.133. The number of hydrogen-bond donors (Lipinski definition) is 0. The Bertz CT molecular complexity index is 369. The third-order valence-electron chi connectivity index (χ3n) is 3.18. The number of rotatable bonds is 1. The van der Waals surface area contributed by atoms with Crippen LogP contribution in [0.25, 0.3) is 0 Å². The van der Waals surface area contributed by atoms with Gasteiger partial charge in [-0.2, -0.15) is 0 Å². The van der Waals surface area contributed by atoms with Crippen molar-refractivity contribution in [2.24, 2.45) is 0 Å². The number of hydrogen-bond acceptors (Lipinski definition) is 5. The normalized spacial score (nSPS) is 18.0. The third kappa shape index (κ3) is 5.21. The van der Waals surface area contributed by atoms with E-state index in [0.29, 0.717) is 12.8 Å². The van der Waals surface area contributed by atoms with Gasteiger partial charge in [0.1, 0.15) is 0 Å². The first kappa shape index (κ1) is 15.4. The van der Waals surface area contributed by atoms with Crippen molar-refractivity contribution in [2.75, 3.05) is 14.2 Å². The van der Waals surface area contributed by atoms with Crippen LogP contribution >= 0.6 is 0 Å². The van der Waals surface area contributed by atoms with Crippen LogP contribution in [0.2, 0.25) is 0 Å². The maximum Gasteiger partial charge on any atom is 0.509 e. The minimum atomic E-state index is -0.929. The smallest absolute Gasteiger partial charge is 0.459 e. The summed E-state index contributed by atoms with van der Waals surface area (Å²) in [6.07, 6.45) is 5.62. The SMILES string of the molecule is COC(=O)C#CC1(OC(=O)OC)CCCCCCC1. The Morgan fingerprint density at radius 1 is 0.947 bits per heavy atom. The first-order valence-corrected chi connectivity index (χ1v) is 6.50. The zero-order chi connectivity index (χ0) is 14.1. The van der Waals surface area contributed by atoms with Crippen molar-refractivity contribution in [3.05, 3.63) is 0 Å². The van der Waals surface area contributed by atoms with Crippen LogP contribution in [0.1, 0.15) is 44.9 Å². The number of methoxy groups -OCH3 is 2. The van der Waals surface area contributed by atoms with E-state index in [1.807, 2.05) is 0 Å². The molecule has 0 radical (unpaired) electrons. The topological polar surface area (TPSA) is 61.8 Å². The molecule has 1 rings (SSSR count). The highest BCUT2D eigenvalue weighted by Gasteiger charge is 2.33. The summed E-state index contributed by atoms with van der Waals surface area (Å²) in [4.78, 5) is 22.5. The molecule has 0 spiro atoms. The molecule has 0 amide bonds. The van der Waals surface area contributed by atoms with Gasteiger partial charge in [-0.05, 0) is 31.6 Å². The third-order valence-corrected chi connectivity index (χ3v) is 3.18. The van der Waals surface area contributed by atoms with Gasteiger partial charge >= 0.3 is 12.1 Å². The molecular formula is C14H20O5. The molecule has 0 aromatic rings. The second kappa shape index (κ2) is 7.67. The van der Waals surface area contributed by atoms with E-state index in [9.17, 15) is 9.59 Å². The second-order valence-electron chi connectivity index (χ2n) is 4.56. The summed E-state index contributed by atoms with van der Waals surface area (Å²) in [5.74, 6) is 4.52. The lowest BCUT2D eigenvalue weighted by Crippen LogP contribution is -2.34. The van der Waals surface area contributed by atoms with Gasteiger partial charge in [-0.1, -0.05) is 19.3 Å². The van der Waals surface area contributed by atoms with Gasteiger partial charge < -0.3 is 14.2 Å². The molecule has 0 bridgehead atoms. The highest BCUT2D eigenvalue weighted by molar-refractivity contribution is 5.88. The highest BCUT2D eigenvalue weighted by atomic mass is 16.7. The summed E-state index contributed by atoms with van der Waals surface area (Å²) in [5.41, 5.74) is -0.929. The molecule has 1 fully saturated rings.